The van der Waals surface area contributed by atoms with E-state index in [0.29, 0.717) is 5.78 Å². The number of carbonyl (C=O) groups is 1. The summed E-state index contributed by atoms with van der Waals surface area (Å²) in [7, 11) is 0. The van der Waals surface area contributed by atoms with E-state index in [1.54, 1.807) is 0 Å². The quantitative estimate of drug-likeness (QED) is 0.231. The largest absolute Gasteiger partial charge is 0.293 e. The molecule has 0 spiro atoms. The van der Waals surface area contributed by atoms with Gasteiger partial charge in [0.15, 0.2) is 5.78 Å². The van der Waals surface area contributed by atoms with Crippen LogP contribution < -0.4 is 0 Å². The van der Waals surface area contributed by atoms with E-state index in [1.807, 2.05) is 6.08 Å². The summed E-state index contributed by atoms with van der Waals surface area (Å²) in [5, 5.41) is 0. The highest BCUT2D eigenvalue weighted by Crippen LogP contribution is 2.33. The Morgan fingerprint density at radius 1 is 0.778 bits per heavy atom. The molecule has 0 aromatic rings. The van der Waals surface area contributed by atoms with E-state index in [0.717, 1.165) is 32.4 Å². The lowest BCUT2D eigenvalue weighted by Crippen LogP contribution is -2.55. The summed E-state index contributed by atoms with van der Waals surface area (Å²) in [6.07, 6.45) is 23.7. The Bertz CT molecular complexity index is 381. The standard InChI is InChI=1S/C25H47NO/c1-4-7-10-15-20-25(21-16-11-8-5-2,24(27)19-9-6-3)26-22-17-13-12-14-18-23-26/h9,19H,4-8,10-18,20-23H2,1-3H3/b19-9+. The summed E-state index contributed by atoms with van der Waals surface area (Å²) in [5.41, 5.74) is -0.232. The average molecular weight is 378 g/mol. The van der Waals surface area contributed by atoms with E-state index in [-0.39, 0.29) is 5.54 Å². The summed E-state index contributed by atoms with van der Waals surface area (Å²) in [6, 6.07) is 0. The van der Waals surface area contributed by atoms with Gasteiger partial charge in [0.25, 0.3) is 0 Å². The number of hydrogen-bond acceptors (Lipinski definition) is 2. The summed E-state index contributed by atoms with van der Waals surface area (Å²) >= 11 is 0. The number of carbonyl (C=O) groups excluding carboxylic acids is 1. The summed E-state index contributed by atoms with van der Waals surface area (Å²) in [5.74, 6) is 0.401. The molecule has 2 heteroatoms. The molecule has 0 aliphatic carbocycles. The summed E-state index contributed by atoms with van der Waals surface area (Å²) in [4.78, 5) is 16.2. The van der Waals surface area contributed by atoms with Crippen LogP contribution in [0.2, 0.25) is 0 Å². The van der Waals surface area contributed by atoms with Gasteiger partial charge in [0.2, 0.25) is 0 Å². The van der Waals surface area contributed by atoms with Crippen molar-refractivity contribution in [1.82, 2.24) is 4.90 Å². The van der Waals surface area contributed by atoms with Crippen LogP contribution in [0.25, 0.3) is 0 Å². The molecule has 0 atom stereocenters. The second kappa shape index (κ2) is 15.3. The fourth-order valence-electron chi connectivity index (χ4n) is 4.59. The van der Waals surface area contributed by atoms with Crippen LogP contribution in [0.15, 0.2) is 12.2 Å². The Balaban J connectivity index is 3.01. The van der Waals surface area contributed by atoms with Gasteiger partial charge in [0, 0.05) is 0 Å². The molecular weight excluding hydrogens is 330 g/mol. The molecule has 1 heterocycles. The second-order valence-corrected chi connectivity index (χ2v) is 8.58. The van der Waals surface area contributed by atoms with Crippen LogP contribution >= 0.6 is 0 Å². The molecule has 0 unspecified atom stereocenters. The van der Waals surface area contributed by atoms with E-state index in [2.05, 4.69) is 31.7 Å². The van der Waals surface area contributed by atoms with Crippen molar-refractivity contribution in [2.75, 3.05) is 13.1 Å². The van der Waals surface area contributed by atoms with E-state index < -0.39 is 0 Å². The molecule has 1 saturated heterocycles. The van der Waals surface area contributed by atoms with E-state index in [4.69, 9.17) is 0 Å². The first-order valence-corrected chi connectivity index (χ1v) is 12.2. The molecular formula is C25H47NO. The normalized spacial score (nSPS) is 17.1. The molecule has 0 N–H and O–H groups in total. The molecule has 0 amide bonds. The number of likely N-dealkylation sites (tertiary alicyclic amines) is 1. The molecule has 0 aromatic carbocycles. The Hall–Kier alpha value is -0.630. The van der Waals surface area contributed by atoms with Crippen molar-refractivity contribution in [3.8, 4) is 0 Å². The highest BCUT2D eigenvalue weighted by Gasteiger charge is 2.41. The third-order valence-corrected chi connectivity index (χ3v) is 6.31. The fraction of sp³-hybridized carbons (Fsp3) is 0.880. The number of rotatable bonds is 14. The zero-order chi connectivity index (χ0) is 19.8. The molecule has 1 rings (SSSR count). The summed E-state index contributed by atoms with van der Waals surface area (Å²) < 4.78 is 0. The van der Waals surface area contributed by atoms with Gasteiger partial charge in [0.1, 0.15) is 0 Å². The van der Waals surface area contributed by atoms with Crippen LogP contribution in [-0.4, -0.2) is 29.3 Å². The van der Waals surface area contributed by atoms with Crippen molar-refractivity contribution in [3.63, 3.8) is 0 Å². The molecule has 1 aliphatic rings. The predicted octanol–water partition coefficient (Wildman–Crippen LogP) is 7.47. The number of unbranched alkanes of at least 4 members (excludes halogenated alkanes) is 6. The minimum atomic E-state index is -0.232. The van der Waals surface area contributed by atoms with Gasteiger partial charge in [-0.15, -0.1) is 0 Å². The maximum atomic E-state index is 13.5. The Morgan fingerprint density at radius 3 is 1.78 bits per heavy atom. The van der Waals surface area contributed by atoms with Gasteiger partial charge in [0.05, 0.1) is 5.54 Å². The van der Waals surface area contributed by atoms with Crippen molar-refractivity contribution in [1.29, 1.82) is 0 Å². The van der Waals surface area contributed by atoms with Gasteiger partial charge in [-0.25, -0.2) is 0 Å². The SMILES string of the molecule is CC/C=C/C(=O)C(CCCCCC)(CCCCCC)N1CCCCCCC1. The van der Waals surface area contributed by atoms with Gasteiger partial charge in [-0.3, -0.25) is 9.69 Å². The van der Waals surface area contributed by atoms with Crippen molar-refractivity contribution in [2.24, 2.45) is 0 Å². The minimum Gasteiger partial charge on any atom is -0.293 e. The van der Waals surface area contributed by atoms with Crippen LogP contribution in [0.3, 0.4) is 0 Å². The third-order valence-electron chi connectivity index (χ3n) is 6.31. The van der Waals surface area contributed by atoms with Crippen LogP contribution in [0.4, 0.5) is 0 Å². The zero-order valence-corrected chi connectivity index (χ0v) is 18.7. The van der Waals surface area contributed by atoms with Gasteiger partial charge in [-0.2, -0.15) is 0 Å². The van der Waals surface area contributed by atoms with Gasteiger partial charge >= 0.3 is 0 Å². The van der Waals surface area contributed by atoms with Gasteiger partial charge in [-0.05, 0) is 51.3 Å². The third kappa shape index (κ3) is 8.94. The summed E-state index contributed by atoms with van der Waals surface area (Å²) in [6.45, 7) is 8.90. The van der Waals surface area contributed by atoms with E-state index >= 15 is 0 Å². The number of hydrogen-bond donors (Lipinski definition) is 0. The molecule has 0 radical (unpaired) electrons. The van der Waals surface area contributed by atoms with Crippen molar-refractivity contribution >= 4 is 5.78 Å². The van der Waals surface area contributed by atoms with Crippen LogP contribution in [0, 0.1) is 0 Å². The number of ketones is 1. The lowest BCUT2D eigenvalue weighted by Gasteiger charge is -2.44. The fourth-order valence-corrected chi connectivity index (χ4v) is 4.59. The smallest absolute Gasteiger partial charge is 0.175 e. The van der Waals surface area contributed by atoms with E-state index in [1.165, 1.54) is 83.5 Å². The van der Waals surface area contributed by atoms with Crippen molar-refractivity contribution in [2.45, 2.75) is 129 Å². The predicted molar refractivity (Wildman–Crippen MR) is 119 cm³/mol. The highest BCUT2D eigenvalue weighted by molar-refractivity contribution is 5.97. The molecule has 0 saturated carbocycles. The highest BCUT2D eigenvalue weighted by atomic mass is 16.1. The lowest BCUT2D eigenvalue weighted by molar-refractivity contribution is -0.128. The van der Waals surface area contributed by atoms with Crippen molar-refractivity contribution < 1.29 is 4.79 Å². The lowest BCUT2D eigenvalue weighted by atomic mass is 9.79. The zero-order valence-electron chi connectivity index (χ0n) is 18.7. The second-order valence-electron chi connectivity index (χ2n) is 8.58. The molecule has 0 aromatic heterocycles. The molecule has 2 nitrogen and oxygen atoms in total. The Morgan fingerprint density at radius 2 is 1.30 bits per heavy atom. The first-order valence-electron chi connectivity index (χ1n) is 12.2. The Kier molecular flexibility index (Phi) is 13.8. The van der Waals surface area contributed by atoms with Crippen LogP contribution in [0.5, 0.6) is 0 Å². The molecule has 0 bridgehead atoms. The molecule has 27 heavy (non-hydrogen) atoms. The maximum absolute atomic E-state index is 13.5. The Labute approximate surface area is 170 Å². The topological polar surface area (TPSA) is 20.3 Å². The number of nitrogens with zero attached hydrogens (tertiary/aromatic N) is 1. The molecule has 1 fully saturated rings. The van der Waals surface area contributed by atoms with Gasteiger partial charge < -0.3 is 0 Å². The molecule has 158 valence electrons. The number of allylic oxidation sites excluding steroid dienone is 1. The molecule has 1 aliphatic heterocycles. The van der Waals surface area contributed by atoms with Crippen LogP contribution in [0.1, 0.15) is 124 Å². The monoisotopic (exact) mass is 377 g/mol. The maximum Gasteiger partial charge on any atom is 0.175 e. The van der Waals surface area contributed by atoms with Gasteiger partial charge in [-0.1, -0.05) is 97.5 Å². The van der Waals surface area contributed by atoms with E-state index in [9.17, 15) is 4.79 Å². The minimum absolute atomic E-state index is 0.232. The first kappa shape index (κ1) is 24.4. The van der Waals surface area contributed by atoms with Crippen LogP contribution in [-0.2, 0) is 4.79 Å². The van der Waals surface area contributed by atoms with Crippen molar-refractivity contribution in [3.05, 3.63) is 12.2 Å². The average Bonchev–Trinajstić information content (AvgIpc) is 2.65. The first-order chi connectivity index (χ1) is 13.2.